The number of aromatic nitrogens is 2. The van der Waals surface area contributed by atoms with Crippen LogP contribution in [0.2, 0.25) is 0 Å². The van der Waals surface area contributed by atoms with E-state index < -0.39 is 5.91 Å². The van der Waals surface area contributed by atoms with Crippen LogP contribution in [0.1, 0.15) is 62.5 Å². The zero-order chi connectivity index (χ0) is 18.7. The lowest BCUT2D eigenvalue weighted by Gasteiger charge is -2.21. The Labute approximate surface area is 151 Å². The number of benzene rings is 1. The average Bonchev–Trinajstić information content (AvgIpc) is 2.66. The van der Waals surface area contributed by atoms with Crippen LogP contribution in [0.25, 0.3) is 10.8 Å². The van der Waals surface area contributed by atoms with E-state index in [1.165, 1.54) is 4.68 Å². The molecule has 1 aromatic heterocycles. The topological polar surface area (TPSA) is 93.1 Å². The number of amides is 2. The van der Waals surface area contributed by atoms with Gasteiger partial charge < -0.3 is 0 Å². The summed E-state index contributed by atoms with van der Waals surface area (Å²) in [5.74, 6) is -0.752. The Hall–Kier alpha value is -2.70. The van der Waals surface area contributed by atoms with Crippen molar-refractivity contribution in [3.05, 3.63) is 40.3 Å². The summed E-state index contributed by atoms with van der Waals surface area (Å²) in [7, 11) is 0. The molecule has 0 atom stereocenters. The molecule has 0 saturated heterocycles. The van der Waals surface area contributed by atoms with Gasteiger partial charge in [-0.3, -0.25) is 25.2 Å². The number of rotatable bonds is 3. The number of hydrazine groups is 1. The lowest BCUT2D eigenvalue weighted by atomic mass is 9.89. The molecule has 0 radical (unpaired) electrons. The minimum Gasteiger partial charge on any atom is -0.273 e. The number of nitrogens with zero attached hydrogens (tertiary/aromatic N) is 2. The van der Waals surface area contributed by atoms with E-state index in [4.69, 9.17) is 0 Å². The van der Waals surface area contributed by atoms with Crippen LogP contribution in [0.4, 0.5) is 0 Å². The van der Waals surface area contributed by atoms with Gasteiger partial charge >= 0.3 is 0 Å². The van der Waals surface area contributed by atoms with E-state index in [1.54, 1.807) is 24.3 Å². The van der Waals surface area contributed by atoms with Crippen LogP contribution in [0.3, 0.4) is 0 Å². The lowest BCUT2D eigenvalue weighted by Crippen LogP contribution is -2.45. The van der Waals surface area contributed by atoms with E-state index in [0.29, 0.717) is 10.8 Å². The van der Waals surface area contributed by atoms with Crippen molar-refractivity contribution in [2.75, 3.05) is 0 Å². The van der Waals surface area contributed by atoms with Crippen molar-refractivity contribution in [1.82, 2.24) is 20.6 Å². The van der Waals surface area contributed by atoms with E-state index in [0.717, 1.165) is 32.1 Å². The van der Waals surface area contributed by atoms with Crippen molar-refractivity contribution in [2.45, 2.75) is 52.0 Å². The van der Waals surface area contributed by atoms with Gasteiger partial charge in [-0.2, -0.15) is 5.10 Å². The fraction of sp³-hybridized carbons (Fsp3) is 0.474. The standard InChI is InChI=1S/C19H24N4O3/c1-12(2)23-19(26)15-11-7-6-10-14(15)16(22-23)18(25)21-20-17(24)13-8-4-3-5-9-13/h6-7,10-13H,3-5,8-9H2,1-2H3,(H,20,24)(H,21,25). The normalized spacial score (nSPS) is 15.2. The Kier molecular flexibility index (Phi) is 5.35. The van der Waals surface area contributed by atoms with Crippen LogP contribution in [-0.4, -0.2) is 21.6 Å². The van der Waals surface area contributed by atoms with Gasteiger partial charge in [-0.25, -0.2) is 4.68 Å². The minimum atomic E-state index is -0.528. The van der Waals surface area contributed by atoms with Gasteiger partial charge in [0.05, 0.1) is 11.4 Å². The third-order valence-corrected chi connectivity index (χ3v) is 4.81. The van der Waals surface area contributed by atoms with Crippen molar-refractivity contribution in [1.29, 1.82) is 0 Å². The molecular weight excluding hydrogens is 332 g/mol. The Balaban J connectivity index is 1.84. The van der Waals surface area contributed by atoms with Crippen LogP contribution in [0.15, 0.2) is 29.1 Å². The molecule has 3 rings (SSSR count). The number of carbonyl (C=O) groups excluding carboxylic acids is 2. The highest BCUT2D eigenvalue weighted by Gasteiger charge is 2.23. The summed E-state index contributed by atoms with van der Waals surface area (Å²) in [6, 6.07) is 6.68. The number of hydrogen-bond donors (Lipinski definition) is 2. The number of carbonyl (C=O) groups is 2. The summed E-state index contributed by atoms with van der Waals surface area (Å²) in [4.78, 5) is 37.4. The third-order valence-electron chi connectivity index (χ3n) is 4.81. The first kappa shape index (κ1) is 18.1. The monoisotopic (exact) mass is 356 g/mol. The fourth-order valence-electron chi connectivity index (χ4n) is 3.37. The Morgan fingerprint density at radius 3 is 2.38 bits per heavy atom. The zero-order valence-corrected chi connectivity index (χ0v) is 15.1. The molecule has 7 nitrogen and oxygen atoms in total. The Morgan fingerprint density at radius 2 is 1.73 bits per heavy atom. The van der Waals surface area contributed by atoms with Crippen molar-refractivity contribution >= 4 is 22.6 Å². The molecule has 0 spiro atoms. The maximum Gasteiger partial charge on any atom is 0.290 e. The fourth-order valence-corrected chi connectivity index (χ4v) is 3.37. The van der Waals surface area contributed by atoms with E-state index in [1.807, 2.05) is 13.8 Å². The number of fused-ring (bicyclic) bond motifs is 1. The molecule has 1 saturated carbocycles. The molecule has 2 amide bonds. The maximum absolute atomic E-state index is 12.6. The molecular formula is C19H24N4O3. The first-order chi connectivity index (χ1) is 12.5. The second-order valence-electron chi connectivity index (χ2n) is 7.02. The van der Waals surface area contributed by atoms with Crippen molar-refractivity contribution in [3.63, 3.8) is 0 Å². The van der Waals surface area contributed by atoms with E-state index >= 15 is 0 Å². The average molecular weight is 356 g/mol. The van der Waals surface area contributed by atoms with Crippen LogP contribution in [-0.2, 0) is 4.79 Å². The highest BCUT2D eigenvalue weighted by atomic mass is 16.2. The summed E-state index contributed by atoms with van der Waals surface area (Å²) in [5, 5.41) is 5.13. The van der Waals surface area contributed by atoms with Gasteiger partial charge in [0, 0.05) is 11.3 Å². The molecule has 26 heavy (non-hydrogen) atoms. The Morgan fingerprint density at radius 1 is 1.08 bits per heavy atom. The van der Waals surface area contributed by atoms with Crippen LogP contribution in [0, 0.1) is 5.92 Å². The van der Waals surface area contributed by atoms with Crippen LogP contribution < -0.4 is 16.4 Å². The molecule has 7 heteroatoms. The third kappa shape index (κ3) is 3.61. The molecule has 1 aliphatic carbocycles. The first-order valence-corrected chi connectivity index (χ1v) is 9.11. The molecule has 1 aliphatic rings. The summed E-state index contributed by atoms with van der Waals surface area (Å²) in [5.41, 5.74) is 4.86. The molecule has 2 N–H and O–H groups in total. The SMILES string of the molecule is CC(C)n1nc(C(=O)NNC(=O)C2CCCCC2)c2ccccc2c1=O. The van der Waals surface area contributed by atoms with Gasteiger partial charge in [-0.1, -0.05) is 37.5 Å². The molecule has 1 heterocycles. The van der Waals surface area contributed by atoms with E-state index in [9.17, 15) is 14.4 Å². The van der Waals surface area contributed by atoms with Crippen molar-refractivity contribution in [2.24, 2.45) is 5.92 Å². The van der Waals surface area contributed by atoms with Crippen LogP contribution in [0.5, 0.6) is 0 Å². The molecule has 1 fully saturated rings. The van der Waals surface area contributed by atoms with Crippen molar-refractivity contribution < 1.29 is 9.59 Å². The van der Waals surface area contributed by atoms with Gasteiger partial charge in [0.25, 0.3) is 11.5 Å². The highest BCUT2D eigenvalue weighted by Crippen LogP contribution is 2.23. The summed E-state index contributed by atoms with van der Waals surface area (Å²) in [6.45, 7) is 3.66. The van der Waals surface area contributed by atoms with Crippen molar-refractivity contribution in [3.8, 4) is 0 Å². The zero-order valence-electron chi connectivity index (χ0n) is 15.1. The second-order valence-corrected chi connectivity index (χ2v) is 7.02. The van der Waals surface area contributed by atoms with Gasteiger partial charge in [-0.15, -0.1) is 0 Å². The molecule has 0 aliphatic heterocycles. The van der Waals surface area contributed by atoms with Gasteiger partial charge in [-0.05, 0) is 32.8 Å². The summed E-state index contributed by atoms with van der Waals surface area (Å²) < 4.78 is 1.29. The van der Waals surface area contributed by atoms with E-state index in [-0.39, 0.29) is 29.1 Å². The quantitative estimate of drug-likeness (QED) is 0.826. The number of hydrogen-bond acceptors (Lipinski definition) is 4. The lowest BCUT2D eigenvalue weighted by molar-refractivity contribution is -0.126. The molecule has 138 valence electrons. The smallest absolute Gasteiger partial charge is 0.273 e. The largest absolute Gasteiger partial charge is 0.290 e. The van der Waals surface area contributed by atoms with E-state index in [2.05, 4.69) is 16.0 Å². The minimum absolute atomic E-state index is 0.0571. The van der Waals surface area contributed by atoms with Gasteiger partial charge in [0.2, 0.25) is 5.91 Å². The predicted octanol–water partition coefficient (Wildman–Crippen LogP) is 2.32. The predicted molar refractivity (Wildman–Crippen MR) is 98.6 cm³/mol. The summed E-state index contributed by atoms with van der Waals surface area (Å²) >= 11 is 0. The molecule has 0 unspecified atom stereocenters. The maximum atomic E-state index is 12.6. The van der Waals surface area contributed by atoms with Crippen LogP contribution >= 0.6 is 0 Å². The van der Waals surface area contributed by atoms with Gasteiger partial charge in [0.1, 0.15) is 0 Å². The van der Waals surface area contributed by atoms with Gasteiger partial charge in [0.15, 0.2) is 5.69 Å². The summed E-state index contributed by atoms with van der Waals surface area (Å²) in [6.07, 6.45) is 4.93. The molecule has 2 aromatic rings. The molecule has 1 aromatic carbocycles. The highest BCUT2D eigenvalue weighted by molar-refractivity contribution is 6.05. The number of nitrogens with one attached hydrogen (secondary N) is 2. The second kappa shape index (κ2) is 7.68. The molecule has 0 bridgehead atoms. The Bertz CT molecular complexity index is 882. The first-order valence-electron chi connectivity index (χ1n) is 9.11.